The number of nitrogens with zero attached hydrogens (tertiary/aromatic N) is 4. The fourth-order valence-electron chi connectivity index (χ4n) is 5.37. The Bertz CT molecular complexity index is 1260. The van der Waals surface area contributed by atoms with Gasteiger partial charge in [-0.25, -0.2) is 14.4 Å². The van der Waals surface area contributed by atoms with Gasteiger partial charge in [0.2, 0.25) is 5.95 Å². The minimum absolute atomic E-state index is 0.117. The second-order valence-corrected chi connectivity index (χ2v) is 9.59. The molecular formula is C25H25F2N5O2. The first kappa shape index (κ1) is 22.3. The van der Waals surface area contributed by atoms with Crippen LogP contribution in [0.1, 0.15) is 31.5 Å². The second-order valence-electron chi connectivity index (χ2n) is 9.59. The monoisotopic (exact) mass is 465 g/mol. The molecule has 2 N–H and O–H groups in total. The number of hydrogen-bond donors (Lipinski definition) is 1. The molecule has 3 unspecified atom stereocenters. The Morgan fingerprint density at radius 3 is 2.68 bits per heavy atom. The Morgan fingerprint density at radius 1 is 1.24 bits per heavy atom. The highest BCUT2D eigenvalue weighted by atomic mass is 19.1. The van der Waals surface area contributed by atoms with Gasteiger partial charge in [-0.3, -0.25) is 14.7 Å². The third kappa shape index (κ3) is 3.26. The SMILES string of the molecule is CN1C(=O)C2(C[C@@](C)(Cc3ccc(F)cn3)OC3C=CC(c4cccnc4F)=CC32C)N=C1N. The van der Waals surface area contributed by atoms with Crippen molar-refractivity contribution in [3.05, 3.63) is 77.9 Å². The van der Waals surface area contributed by atoms with Gasteiger partial charge in [0.15, 0.2) is 11.5 Å². The van der Waals surface area contributed by atoms with Gasteiger partial charge in [0, 0.05) is 37.3 Å². The number of hydrogen-bond acceptors (Lipinski definition) is 6. The quantitative estimate of drug-likeness (QED) is 0.704. The van der Waals surface area contributed by atoms with E-state index in [2.05, 4.69) is 9.97 Å². The molecule has 1 saturated heterocycles. The molecule has 0 radical (unpaired) electrons. The summed E-state index contributed by atoms with van der Waals surface area (Å²) in [7, 11) is 1.59. The molecule has 4 atom stereocenters. The van der Waals surface area contributed by atoms with Gasteiger partial charge in [-0.15, -0.1) is 0 Å². The van der Waals surface area contributed by atoms with E-state index in [-0.39, 0.29) is 18.3 Å². The number of amides is 1. The Kier molecular flexibility index (Phi) is 4.95. The molecule has 0 bridgehead atoms. The van der Waals surface area contributed by atoms with Crippen molar-refractivity contribution in [3.63, 3.8) is 0 Å². The molecule has 4 heterocycles. The van der Waals surface area contributed by atoms with Crippen molar-refractivity contribution in [3.8, 4) is 0 Å². The number of guanidine groups is 1. The smallest absolute Gasteiger partial charge is 0.258 e. The normalized spacial score (nSPS) is 32.6. The molecule has 2 aromatic heterocycles. The Hall–Kier alpha value is -3.46. The molecule has 3 aliphatic rings. The summed E-state index contributed by atoms with van der Waals surface area (Å²) in [5.74, 6) is -1.16. The summed E-state index contributed by atoms with van der Waals surface area (Å²) in [5.41, 5.74) is 4.59. The molecule has 0 aromatic carbocycles. The fraction of sp³-hybridized carbons (Fsp3) is 0.360. The van der Waals surface area contributed by atoms with Gasteiger partial charge >= 0.3 is 0 Å². The molecular weight excluding hydrogens is 440 g/mol. The molecule has 7 nitrogen and oxygen atoms in total. The van der Waals surface area contributed by atoms with Gasteiger partial charge in [-0.05, 0) is 36.8 Å². The number of rotatable bonds is 3. The lowest BCUT2D eigenvalue weighted by Crippen LogP contribution is -2.66. The van der Waals surface area contributed by atoms with E-state index >= 15 is 0 Å². The van der Waals surface area contributed by atoms with E-state index in [1.165, 1.54) is 17.2 Å². The van der Waals surface area contributed by atoms with Crippen LogP contribution in [-0.4, -0.2) is 51.0 Å². The van der Waals surface area contributed by atoms with Gasteiger partial charge < -0.3 is 10.5 Å². The third-order valence-electron chi connectivity index (χ3n) is 7.15. The predicted octanol–water partition coefficient (Wildman–Crippen LogP) is 3.03. The molecule has 1 fully saturated rings. The summed E-state index contributed by atoms with van der Waals surface area (Å²) < 4.78 is 34.5. The predicted molar refractivity (Wildman–Crippen MR) is 122 cm³/mol. The van der Waals surface area contributed by atoms with Crippen molar-refractivity contribution in [1.29, 1.82) is 0 Å². The van der Waals surface area contributed by atoms with Gasteiger partial charge in [0.05, 0.1) is 23.3 Å². The van der Waals surface area contributed by atoms with Crippen LogP contribution in [0.25, 0.3) is 5.57 Å². The first-order valence-corrected chi connectivity index (χ1v) is 11.0. The van der Waals surface area contributed by atoms with E-state index in [9.17, 15) is 13.6 Å². The molecule has 0 saturated carbocycles. The van der Waals surface area contributed by atoms with E-state index in [0.29, 0.717) is 23.3 Å². The number of fused-ring (bicyclic) bond motifs is 2. The van der Waals surface area contributed by atoms with Crippen molar-refractivity contribution >= 4 is 17.4 Å². The maximum Gasteiger partial charge on any atom is 0.258 e. The first-order valence-electron chi connectivity index (χ1n) is 11.0. The molecule has 1 amide bonds. The summed E-state index contributed by atoms with van der Waals surface area (Å²) in [6.07, 6.45) is 8.00. The Labute approximate surface area is 196 Å². The minimum atomic E-state index is -1.28. The number of nitrogens with two attached hydrogens (primary N) is 1. The van der Waals surface area contributed by atoms with E-state index in [4.69, 9.17) is 15.5 Å². The number of allylic oxidation sites excluding steroid dienone is 2. The zero-order chi connectivity index (χ0) is 24.3. The molecule has 9 heteroatoms. The molecule has 176 valence electrons. The molecule has 1 spiro atoms. The lowest BCUT2D eigenvalue weighted by Gasteiger charge is -2.56. The van der Waals surface area contributed by atoms with Crippen LogP contribution >= 0.6 is 0 Å². The third-order valence-corrected chi connectivity index (χ3v) is 7.15. The molecule has 2 aliphatic heterocycles. The maximum absolute atomic E-state index is 14.5. The van der Waals surface area contributed by atoms with Crippen LogP contribution < -0.4 is 5.73 Å². The van der Waals surface area contributed by atoms with Crippen LogP contribution in [0.2, 0.25) is 0 Å². The molecule has 34 heavy (non-hydrogen) atoms. The number of carbonyl (C=O) groups excluding carboxylic acids is 1. The van der Waals surface area contributed by atoms with E-state index in [1.54, 1.807) is 31.3 Å². The average Bonchev–Trinajstić information content (AvgIpc) is 3.01. The number of carbonyl (C=O) groups is 1. The zero-order valence-electron chi connectivity index (χ0n) is 19.1. The number of halogens is 2. The van der Waals surface area contributed by atoms with E-state index in [0.717, 1.165) is 6.20 Å². The minimum Gasteiger partial charge on any atom is -0.369 e. The average molecular weight is 466 g/mol. The summed E-state index contributed by atoms with van der Waals surface area (Å²) in [4.78, 5) is 27.7. The van der Waals surface area contributed by atoms with Crippen LogP contribution in [0.5, 0.6) is 0 Å². The van der Waals surface area contributed by atoms with Crippen LogP contribution in [0.4, 0.5) is 8.78 Å². The summed E-state index contributed by atoms with van der Waals surface area (Å²) in [6, 6.07) is 6.25. The highest BCUT2D eigenvalue weighted by Crippen LogP contribution is 2.56. The Morgan fingerprint density at radius 2 is 2.03 bits per heavy atom. The topological polar surface area (TPSA) is 93.7 Å². The standard InChI is InChI=1S/C25H25F2N5O2/c1-23(12-17-8-7-16(26)13-30-17)14-25(21(33)32(3)22(28)31-25)24(2)11-15(6-9-19(24)34-23)18-5-4-10-29-20(18)27/h4-11,13,19H,12,14H2,1-3H3,(H2,28,31)/t19?,23-,24?,25?/m1/s1. The van der Waals surface area contributed by atoms with Crippen LogP contribution in [0.3, 0.4) is 0 Å². The number of aliphatic imine (C=N–C) groups is 1. The van der Waals surface area contributed by atoms with Crippen molar-refractivity contribution in [2.24, 2.45) is 16.1 Å². The van der Waals surface area contributed by atoms with Crippen LogP contribution in [0.15, 0.2) is 59.9 Å². The van der Waals surface area contributed by atoms with Gasteiger partial charge in [-0.2, -0.15) is 4.39 Å². The highest BCUT2D eigenvalue weighted by Gasteiger charge is 2.67. The van der Waals surface area contributed by atoms with Crippen molar-refractivity contribution in [2.75, 3.05) is 7.05 Å². The van der Waals surface area contributed by atoms with Gasteiger partial charge in [0.1, 0.15) is 5.82 Å². The molecule has 1 aliphatic carbocycles. The largest absolute Gasteiger partial charge is 0.369 e. The van der Waals surface area contributed by atoms with E-state index in [1.807, 2.05) is 26.0 Å². The summed E-state index contributed by atoms with van der Waals surface area (Å²) in [6.45, 7) is 3.78. The number of likely N-dealkylation sites (N-methyl/N-ethyl adjacent to an activating group) is 1. The van der Waals surface area contributed by atoms with Gasteiger partial charge in [0.25, 0.3) is 5.91 Å². The number of ether oxygens (including phenoxy) is 1. The second kappa shape index (κ2) is 7.53. The van der Waals surface area contributed by atoms with E-state index < -0.39 is 34.4 Å². The van der Waals surface area contributed by atoms with Gasteiger partial charge in [-0.1, -0.05) is 25.2 Å². The lowest BCUT2D eigenvalue weighted by atomic mass is 9.58. The van der Waals surface area contributed by atoms with Crippen molar-refractivity contribution < 1.29 is 18.3 Å². The lowest BCUT2D eigenvalue weighted by molar-refractivity contribution is -0.183. The zero-order valence-corrected chi connectivity index (χ0v) is 19.1. The highest BCUT2D eigenvalue weighted by molar-refractivity contribution is 6.07. The summed E-state index contributed by atoms with van der Waals surface area (Å²) in [5, 5.41) is 0. The van der Waals surface area contributed by atoms with Crippen LogP contribution in [0, 0.1) is 17.2 Å². The molecule has 5 rings (SSSR count). The number of aromatic nitrogens is 2. The van der Waals surface area contributed by atoms with Crippen molar-refractivity contribution in [1.82, 2.24) is 14.9 Å². The molecule has 2 aromatic rings. The summed E-state index contributed by atoms with van der Waals surface area (Å²) >= 11 is 0. The fourth-order valence-corrected chi connectivity index (χ4v) is 5.37. The van der Waals surface area contributed by atoms with Crippen molar-refractivity contribution in [2.45, 2.75) is 43.9 Å². The Balaban J connectivity index is 1.62. The first-order chi connectivity index (χ1) is 16.1. The van der Waals surface area contributed by atoms with Crippen LogP contribution in [-0.2, 0) is 16.0 Å². The number of pyridine rings is 2. The maximum atomic E-state index is 14.5.